The lowest BCUT2D eigenvalue weighted by Gasteiger charge is -2.23. The van der Waals surface area contributed by atoms with E-state index in [2.05, 4.69) is 14.2 Å². The summed E-state index contributed by atoms with van der Waals surface area (Å²) in [6, 6.07) is 15.1. The van der Waals surface area contributed by atoms with Crippen LogP contribution in [0.15, 0.2) is 59.5 Å². The van der Waals surface area contributed by atoms with E-state index in [1.807, 2.05) is 35.2 Å². The molecule has 3 rings (SSSR count). The van der Waals surface area contributed by atoms with Crippen molar-refractivity contribution < 1.29 is 21.9 Å². The van der Waals surface area contributed by atoms with Crippen molar-refractivity contribution in [3.05, 3.63) is 60.3 Å². The number of hydrogen-bond acceptors (Lipinski definition) is 4. The van der Waals surface area contributed by atoms with E-state index in [1.54, 1.807) is 30.3 Å². The van der Waals surface area contributed by atoms with Gasteiger partial charge in [0.2, 0.25) is 5.88 Å². The van der Waals surface area contributed by atoms with Gasteiger partial charge in [0.05, 0.1) is 17.7 Å². The van der Waals surface area contributed by atoms with Crippen molar-refractivity contribution in [3.63, 3.8) is 0 Å². The molecule has 172 valence electrons. The van der Waals surface area contributed by atoms with Gasteiger partial charge in [-0.2, -0.15) is 0 Å². The number of benzene rings is 2. The third-order valence-electron chi connectivity index (χ3n) is 4.59. The molecule has 0 saturated heterocycles. The maximum absolute atomic E-state index is 15.2. The number of rotatable bonds is 6. The Balaban J connectivity index is 0.00000176. The van der Waals surface area contributed by atoms with Crippen LogP contribution in [0, 0.1) is 0 Å². The van der Waals surface area contributed by atoms with Gasteiger partial charge in [-0.15, -0.1) is 9.24 Å². The Kier molecular flexibility index (Phi) is 8.87. The summed E-state index contributed by atoms with van der Waals surface area (Å²) in [6.07, 6.45) is 1.12. The monoisotopic (exact) mass is 497 g/mol. The van der Waals surface area contributed by atoms with Crippen LogP contribution in [0.1, 0.15) is 19.5 Å². The lowest BCUT2D eigenvalue weighted by atomic mass is 9.92. The van der Waals surface area contributed by atoms with E-state index in [4.69, 9.17) is 4.74 Å². The fourth-order valence-electron chi connectivity index (χ4n) is 3.04. The second-order valence-corrected chi connectivity index (χ2v) is 10.4. The average molecular weight is 497 g/mol. The van der Waals surface area contributed by atoms with Gasteiger partial charge in [-0.25, -0.2) is 22.2 Å². The Morgan fingerprint density at radius 2 is 1.56 bits per heavy atom. The summed E-state index contributed by atoms with van der Waals surface area (Å²) in [5.41, 5.74) is 2.10. The highest BCUT2D eigenvalue weighted by Crippen LogP contribution is 2.44. The molecule has 3 aromatic rings. The van der Waals surface area contributed by atoms with Crippen LogP contribution in [-0.2, 0) is 15.2 Å². The van der Waals surface area contributed by atoms with E-state index in [0.717, 1.165) is 11.6 Å². The van der Waals surface area contributed by atoms with Crippen LogP contribution in [0.5, 0.6) is 5.88 Å². The molecule has 0 spiro atoms. The minimum atomic E-state index is -3.37. The van der Waals surface area contributed by atoms with Crippen LogP contribution in [0.2, 0.25) is 0 Å². The molecular weight excluding hydrogens is 470 g/mol. The van der Waals surface area contributed by atoms with Crippen molar-refractivity contribution in [1.82, 2.24) is 4.98 Å². The van der Waals surface area contributed by atoms with Crippen LogP contribution in [0.25, 0.3) is 22.3 Å². The number of methoxy groups -OCH3 is 1. The van der Waals surface area contributed by atoms with E-state index < -0.39 is 21.9 Å². The molecule has 3 unspecified atom stereocenters. The highest BCUT2D eigenvalue weighted by atomic mass is 32.2. The van der Waals surface area contributed by atoms with Gasteiger partial charge in [-0.05, 0) is 34.1 Å². The molecule has 0 bridgehead atoms. The molecule has 0 saturated carbocycles. The van der Waals surface area contributed by atoms with E-state index in [0.29, 0.717) is 22.3 Å². The Hall–Kier alpha value is -1.94. The summed E-state index contributed by atoms with van der Waals surface area (Å²) in [5.74, 6) is 0.122. The van der Waals surface area contributed by atoms with Crippen LogP contribution < -0.4 is 10.0 Å². The fraction of sp³-hybridized carbons (Fsp3) is 0.261. The van der Waals surface area contributed by atoms with E-state index in [9.17, 15) is 12.8 Å². The number of alkyl halides is 2. The summed E-state index contributed by atoms with van der Waals surface area (Å²) in [6.45, 7) is 2.71. The van der Waals surface area contributed by atoms with E-state index >= 15 is 4.39 Å². The average Bonchev–Trinajstić information content (AvgIpc) is 2.79. The highest BCUT2D eigenvalue weighted by molar-refractivity contribution is 7.90. The molecule has 32 heavy (non-hydrogen) atoms. The van der Waals surface area contributed by atoms with Crippen molar-refractivity contribution in [2.45, 2.75) is 24.2 Å². The Morgan fingerprint density at radius 3 is 2.03 bits per heavy atom. The van der Waals surface area contributed by atoms with Crippen molar-refractivity contribution in [3.8, 4) is 28.1 Å². The first-order chi connectivity index (χ1) is 15.1. The summed E-state index contributed by atoms with van der Waals surface area (Å²) in [4.78, 5) is 4.38. The maximum atomic E-state index is 15.2. The first kappa shape index (κ1) is 26.3. The van der Waals surface area contributed by atoms with Gasteiger partial charge in [0, 0.05) is 17.9 Å². The zero-order valence-electron chi connectivity index (χ0n) is 18.4. The van der Waals surface area contributed by atoms with Gasteiger partial charge in [0.25, 0.3) is 0 Å². The molecule has 2 aromatic carbocycles. The molecule has 1 aromatic heterocycles. The maximum Gasteiger partial charge on any atom is 0.213 e. The first-order valence-electron chi connectivity index (χ1n) is 9.86. The summed E-state index contributed by atoms with van der Waals surface area (Å²) >= 11 is 0. The van der Waals surface area contributed by atoms with Crippen LogP contribution in [0.3, 0.4) is 0 Å². The molecule has 0 aliphatic carbocycles. The topological polar surface area (TPSA) is 56.3 Å². The van der Waals surface area contributed by atoms with Crippen molar-refractivity contribution in [1.29, 1.82) is 0 Å². The quantitative estimate of drug-likeness (QED) is 0.433. The smallest absolute Gasteiger partial charge is 0.213 e. The predicted octanol–water partition coefficient (Wildman–Crippen LogP) is 5.32. The number of hydrogen-bond donors (Lipinski definition) is 0. The van der Waals surface area contributed by atoms with E-state index in [-0.39, 0.29) is 16.5 Å². The lowest BCUT2D eigenvalue weighted by molar-refractivity contribution is 0.219. The number of nitrogens with zero attached hydrogens (tertiary/aromatic N) is 1. The third kappa shape index (κ3) is 5.89. The SMILES string of the molecule is CC.COc1cc(-c2ccc(S(C)(=O)=O)cc2)c(-c2ccc(P)cc2)c(C(F)(P)CF)n1. The molecule has 4 nitrogen and oxygen atoms in total. The zero-order chi connectivity index (χ0) is 24.1. The Labute approximate surface area is 193 Å². The van der Waals surface area contributed by atoms with Gasteiger partial charge >= 0.3 is 0 Å². The minimum absolute atomic E-state index is 0.118. The Bertz CT molecular complexity index is 1170. The number of aromatic nitrogens is 1. The zero-order valence-corrected chi connectivity index (χ0v) is 21.5. The van der Waals surface area contributed by atoms with Gasteiger partial charge in [-0.1, -0.05) is 59.5 Å². The molecule has 1 heterocycles. The minimum Gasteiger partial charge on any atom is -0.481 e. The van der Waals surface area contributed by atoms with Crippen molar-refractivity contribution in [2.75, 3.05) is 20.0 Å². The molecule has 3 atom stereocenters. The normalized spacial score (nSPS) is 13.0. The fourth-order valence-corrected chi connectivity index (χ4v) is 4.07. The van der Waals surface area contributed by atoms with Gasteiger partial charge in [-0.3, -0.25) is 0 Å². The van der Waals surface area contributed by atoms with Gasteiger partial charge in [0.1, 0.15) is 6.67 Å². The van der Waals surface area contributed by atoms with E-state index in [1.165, 1.54) is 19.2 Å². The highest BCUT2D eigenvalue weighted by Gasteiger charge is 2.34. The van der Waals surface area contributed by atoms with Gasteiger partial charge < -0.3 is 4.74 Å². The van der Waals surface area contributed by atoms with Crippen LogP contribution in [-0.4, -0.2) is 33.4 Å². The number of pyridine rings is 1. The van der Waals surface area contributed by atoms with Gasteiger partial charge in [0.15, 0.2) is 15.2 Å². The molecule has 0 aliphatic heterocycles. The first-order valence-corrected chi connectivity index (χ1v) is 12.9. The summed E-state index contributed by atoms with van der Waals surface area (Å²) in [7, 11) is 2.48. The number of ether oxygens (including phenoxy) is 1. The molecule has 0 aliphatic rings. The number of sulfone groups is 1. The van der Waals surface area contributed by atoms with Crippen molar-refractivity contribution >= 4 is 33.6 Å². The molecule has 0 fully saturated rings. The second-order valence-electron chi connectivity index (χ2n) is 6.85. The molecular formula is C23H27F2NO3P2S. The van der Waals surface area contributed by atoms with Crippen molar-refractivity contribution in [2.24, 2.45) is 0 Å². The molecule has 9 heteroatoms. The molecule has 0 N–H and O–H groups in total. The summed E-state index contributed by atoms with van der Waals surface area (Å²) < 4.78 is 57.7. The van der Waals surface area contributed by atoms with Crippen LogP contribution in [0.4, 0.5) is 8.78 Å². The predicted molar refractivity (Wildman–Crippen MR) is 134 cm³/mol. The third-order valence-corrected chi connectivity index (χ3v) is 6.53. The number of halogens is 2. The second kappa shape index (κ2) is 10.8. The van der Waals surface area contributed by atoms with Crippen LogP contribution >= 0.6 is 18.5 Å². The Morgan fingerprint density at radius 1 is 1.03 bits per heavy atom. The molecule has 0 radical (unpaired) electrons. The standard InChI is InChI=1S/C21H21F2NO3P2S.C2H6/c1-27-18-11-17(13-5-9-16(10-6-13)30(2,25)26)19(14-3-7-15(28)8-4-14)20(24-18)21(23,29)12-22;1-2/h3-11H,12,28-29H2,1-2H3;1-2H3. The lowest BCUT2D eigenvalue weighted by Crippen LogP contribution is -2.18. The largest absolute Gasteiger partial charge is 0.481 e. The molecule has 0 amide bonds. The summed E-state index contributed by atoms with van der Waals surface area (Å²) in [5, 5.41) is -1.49.